The molecule has 0 saturated carbocycles. The molecule has 1 amide bonds. The molecule has 2 unspecified atom stereocenters. The highest BCUT2D eigenvalue weighted by atomic mass is 16.5. The maximum Gasteiger partial charge on any atom is 0.305 e. The van der Waals surface area contributed by atoms with Crippen molar-refractivity contribution in [2.75, 3.05) is 13.2 Å². The molecule has 6 heteroatoms. The second kappa shape index (κ2) is 57.9. The standard InChI is InChI=1S/C62H119NO5/c1-3-5-7-9-11-13-15-17-18-29-32-36-40-44-48-52-56-62(67)68-57-53-49-45-41-37-33-30-27-25-23-21-19-20-22-24-26-28-31-35-39-43-47-51-55-61(66)63-59(58-64)60(65)54-50-46-42-38-34-16-14-12-10-8-6-4-2/h13,15,18,29,59-60,64-65H,3-12,14,16-17,19-28,30-58H2,1-2H3,(H,63,66)/b15-13-,29-18-. The van der Waals surface area contributed by atoms with Gasteiger partial charge in [-0.1, -0.05) is 289 Å². The van der Waals surface area contributed by atoms with Crippen LogP contribution in [0.4, 0.5) is 0 Å². The summed E-state index contributed by atoms with van der Waals surface area (Å²) >= 11 is 0. The SMILES string of the molecule is CCCCCC/C=C\C/C=C\CCCCCCCC(=O)OCCCCCCCCCCCCCCCCCCCCCCCCCC(=O)NC(CO)C(O)CCCCCCCCCCCCCC. The number of aliphatic hydroxyl groups is 2. The van der Waals surface area contributed by atoms with Gasteiger partial charge >= 0.3 is 5.97 Å². The third-order valence-corrected chi connectivity index (χ3v) is 14.3. The van der Waals surface area contributed by atoms with Gasteiger partial charge in [-0.15, -0.1) is 0 Å². The van der Waals surface area contributed by atoms with Crippen LogP contribution in [0.3, 0.4) is 0 Å². The molecule has 68 heavy (non-hydrogen) atoms. The number of rotatable bonds is 57. The van der Waals surface area contributed by atoms with Crippen LogP contribution >= 0.6 is 0 Å². The van der Waals surface area contributed by atoms with Crippen molar-refractivity contribution >= 4 is 11.9 Å². The molecular formula is C62H119NO5. The monoisotopic (exact) mass is 958 g/mol. The number of carbonyl (C=O) groups is 2. The van der Waals surface area contributed by atoms with Crippen molar-refractivity contribution in [3.8, 4) is 0 Å². The summed E-state index contributed by atoms with van der Waals surface area (Å²) < 4.78 is 5.48. The molecule has 0 bridgehead atoms. The van der Waals surface area contributed by atoms with Crippen LogP contribution < -0.4 is 5.32 Å². The lowest BCUT2D eigenvalue weighted by Gasteiger charge is -2.22. The fourth-order valence-corrected chi connectivity index (χ4v) is 9.55. The Hall–Kier alpha value is -1.66. The molecule has 0 heterocycles. The summed E-state index contributed by atoms with van der Waals surface area (Å²) in [6.45, 7) is 4.94. The quantitative estimate of drug-likeness (QED) is 0.0321. The minimum absolute atomic E-state index is 0.00119. The van der Waals surface area contributed by atoms with Crippen LogP contribution in [0.1, 0.15) is 335 Å². The third kappa shape index (κ3) is 53.7. The molecule has 3 N–H and O–H groups in total. The average Bonchev–Trinajstić information content (AvgIpc) is 3.34. The smallest absolute Gasteiger partial charge is 0.305 e. The second-order valence-corrected chi connectivity index (χ2v) is 21.0. The minimum atomic E-state index is -0.662. The van der Waals surface area contributed by atoms with Crippen LogP contribution in [0.25, 0.3) is 0 Å². The van der Waals surface area contributed by atoms with Crippen LogP contribution in [0, 0.1) is 0 Å². The Morgan fingerprint density at radius 1 is 0.412 bits per heavy atom. The maximum absolute atomic E-state index is 12.5. The van der Waals surface area contributed by atoms with E-state index in [0.29, 0.717) is 25.9 Å². The second-order valence-electron chi connectivity index (χ2n) is 21.0. The van der Waals surface area contributed by atoms with E-state index in [0.717, 1.165) is 51.4 Å². The molecule has 402 valence electrons. The first-order valence-corrected chi connectivity index (χ1v) is 30.6. The summed E-state index contributed by atoms with van der Waals surface area (Å²) in [7, 11) is 0. The van der Waals surface area contributed by atoms with E-state index in [2.05, 4.69) is 43.5 Å². The van der Waals surface area contributed by atoms with Crippen LogP contribution in [-0.4, -0.2) is 47.4 Å². The van der Waals surface area contributed by atoms with Crippen LogP contribution in [0.2, 0.25) is 0 Å². The first-order valence-electron chi connectivity index (χ1n) is 30.6. The van der Waals surface area contributed by atoms with E-state index < -0.39 is 12.1 Å². The molecule has 0 aromatic rings. The summed E-state index contributed by atoms with van der Waals surface area (Å²) in [6.07, 6.45) is 70.4. The predicted octanol–water partition coefficient (Wildman–Crippen LogP) is 19.0. The fraction of sp³-hybridized carbons (Fsp3) is 0.903. The van der Waals surface area contributed by atoms with Crippen molar-refractivity contribution in [1.29, 1.82) is 0 Å². The number of aliphatic hydroxyl groups excluding tert-OH is 2. The van der Waals surface area contributed by atoms with Gasteiger partial charge in [0.15, 0.2) is 0 Å². The van der Waals surface area contributed by atoms with Crippen molar-refractivity contribution in [3.63, 3.8) is 0 Å². The van der Waals surface area contributed by atoms with E-state index in [9.17, 15) is 19.8 Å². The molecule has 2 atom stereocenters. The van der Waals surface area contributed by atoms with Gasteiger partial charge in [0.2, 0.25) is 5.91 Å². The highest BCUT2D eigenvalue weighted by molar-refractivity contribution is 5.76. The molecule has 0 aromatic heterocycles. The van der Waals surface area contributed by atoms with E-state index in [1.54, 1.807) is 0 Å². The normalized spacial score (nSPS) is 12.7. The van der Waals surface area contributed by atoms with Gasteiger partial charge < -0.3 is 20.3 Å². The number of ether oxygens (including phenoxy) is 1. The summed E-state index contributed by atoms with van der Waals surface area (Å²) in [6, 6.07) is -0.540. The Labute approximate surface area is 424 Å². The maximum atomic E-state index is 12.5. The molecule has 0 aliphatic heterocycles. The number of nitrogens with one attached hydrogen (secondary N) is 1. The van der Waals surface area contributed by atoms with Crippen LogP contribution in [0.5, 0.6) is 0 Å². The third-order valence-electron chi connectivity index (χ3n) is 14.3. The number of carbonyl (C=O) groups excluding carboxylic acids is 2. The zero-order valence-electron chi connectivity index (χ0n) is 45.9. The Bertz CT molecular complexity index is 1060. The highest BCUT2D eigenvalue weighted by Crippen LogP contribution is 2.18. The summed E-state index contributed by atoms with van der Waals surface area (Å²) in [4.78, 5) is 24.5. The van der Waals surface area contributed by atoms with Gasteiger partial charge in [-0.25, -0.2) is 0 Å². The van der Waals surface area contributed by atoms with Crippen molar-refractivity contribution in [1.82, 2.24) is 5.32 Å². The van der Waals surface area contributed by atoms with E-state index >= 15 is 0 Å². The summed E-state index contributed by atoms with van der Waals surface area (Å²) in [5, 5.41) is 23.2. The number of hydrogen-bond acceptors (Lipinski definition) is 5. The fourth-order valence-electron chi connectivity index (χ4n) is 9.55. The predicted molar refractivity (Wildman–Crippen MR) is 296 cm³/mol. The average molecular weight is 959 g/mol. The summed E-state index contributed by atoms with van der Waals surface area (Å²) in [5.74, 6) is -0.0329. The topological polar surface area (TPSA) is 95.9 Å². The Kier molecular flexibility index (Phi) is 56.5. The van der Waals surface area contributed by atoms with Crippen molar-refractivity contribution < 1.29 is 24.5 Å². The molecule has 0 saturated heterocycles. The molecule has 6 nitrogen and oxygen atoms in total. The number of hydrogen-bond donors (Lipinski definition) is 3. The van der Waals surface area contributed by atoms with Gasteiger partial charge in [-0.05, 0) is 57.8 Å². The lowest BCUT2D eigenvalue weighted by Crippen LogP contribution is -2.45. The molecule has 0 spiro atoms. The first kappa shape index (κ1) is 66.3. The van der Waals surface area contributed by atoms with Crippen molar-refractivity contribution in [3.05, 3.63) is 24.3 Å². The lowest BCUT2D eigenvalue weighted by molar-refractivity contribution is -0.143. The van der Waals surface area contributed by atoms with Gasteiger partial charge in [0, 0.05) is 12.8 Å². The van der Waals surface area contributed by atoms with E-state index in [1.807, 2.05) is 0 Å². The van der Waals surface area contributed by atoms with Gasteiger partial charge in [-0.2, -0.15) is 0 Å². The summed E-state index contributed by atoms with van der Waals surface area (Å²) in [5.41, 5.74) is 0. The van der Waals surface area contributed by atoms with Gasteiger partial charge in [0.05, 0.1) is 25.4 Å². The van der Waals surface area contributed by atoms with E-state index in [-0.39, 0.29) is 18.5 Å². The minimum Gasteiger partial charge on any atom is -0.466 e. The Morgan fingerprint density at radius 3 is 1.13 bits per heavy atom. The van der Waals surface area contributed by atoms with E-state index in [4.69, 9.17) is 4.74 Å². The lowest BCUT2D eigenvalue weighted by atomic mass is 10.0. The highest BCUT2D eigenvalue weighted by Gasteiger charge is 2.20. The van der Waals surface area contributed by atoms with Crippen LogP contribution in [0.15, 0.2) is 24.3 Å². The van der Waals surface area contributed by atoms with Crippen molar-refractivity contribution in [2.45, 2.75) is 347 Å². The zero-order chi connectivity index (χ0) is 49.3. The molecular weight excluding hydrogens is 839 g/mol. The number of unbranched alkanes of at least 4 members (excludes halogenated alkanes) is 42. The van der Waals surface area contributed by atoms with Crippen molar-refractivity contribution in [2.24, 2.45) is 0 Å². The first-order chi connectivity index (χ1) is 33.5. The molecule has 0 radical (unpaired) electrons. The van der Waals surface area contributed by atoms with Gasteiger partial charge in [0.25, 0.3) is 0 Å². The molecule has 0 aromatic carbocycles. The van der Waals surface area contributed by atoms with Gasteiger partial charge in [-0.3, -0.25) is 9.59 Å². The molecule has 0 fully saturated rings. The zero-order valence-corrected chi connectivity index (χ0v) is 45.9. The number of allylic oxidation sites excluding steroid dienone is 4. The molecule has 0 aliphatic carbocycles. The van der Waals surface area contributed by atoms with Gasteiger partial charge in [0.1, 0.15) is 0 Å². The molecule has 0 rings (SSSR count). The van der Waals surface area contributed by atoms with E-state index in [1.165, 1.54) is 250 Å². The number of esters is 1. The number of amides is 1. The molecule has 0 aliphatic rings. The Morgan fingerprint density at radius 2 is 0.735 bits per heavy atom. The van der Waals surface area contributed by atoms with Crippen LogP contribution in [-0.2, 0) is 14.3 Å². The Balaban J connectivity index is 3.36. The largest absolute Gasteiger partial charge is 0.466 e.